The van der Waals surface area contributed by atoms with Crippen LogP contribution in [0.1, 0.15) is 24.8 Å². The summed E-state index contributed by atoms with van der Waals surface area (Å²) in [5.74, 6) is 0.663. The molecule has 0 spiro atoms. The molecule has 0 saturated carbocycles. The van der Waals surface area contributed by atoms with Gasteiger partial charge < -0.3 is 15.1 Å². The number of carbonyl (C=O) groups is 2. The number of imide groups is 1. The number of piperazine rings is 1. The van der Waals surface area contributed by atoms with E-state index in [9.17, 15) is 9.59 Å². The number of nitrogens with one attached hydrogen (secondary N) is 1. The van der Waals surface area contributed by atoms with Gasteiger partial charge in [0.25, 0.3) is 0 Å². The molecule has 1 N–H and O–H groups in total. The van der Waals surface area contributed by atoms with Crippen LogP contribution in [0.2, 0.25) is 5.02 Å². The van der Waals surface area contributed by atoms with Gasteiger partial charge in [-0.3, -0.25) is 19.5 Å². The van der Waals surface area contributed by atoms with E-state index < -0.39 is 0 Å². The molecule has 3 rings (SSSR count). The van der Waals surface area contributed by atoms with Gasteiger partial charge in [-0.25, -0.2) is 0 Å². The molecular weight excluding hydrogens is 378 g/mol. The quantitative estimate of drug-likeness (QED) is 0.470. The lowest BCUT2D eigenvalue weighted by molar-refractivity contribution is -0.147. The van der Waals surface area contributed by atoms with Crippen molar-refractivity contribution in [2.75, 3.05) is 51.2 Å². The van der Waals surface area contributed by atoms with Crippen LogP contribution < -0.4 is 10.2 Å². The van der Waals surface area contributed by atoms with Crippen molar-refractivity contribution in [3.05, 3.63) is 28.8 Å². The van der Waals surface area contributed by atoms with Crippen molar-refractivity contribution < 1.29 is 9.59 Å². The second-order valence-electron chi connectivity index (χ2n) is 7.17. The van der Waals surface area contributed by atoms with E-state index in [4.69, 9.17) is 11.6 Å². The van der Waals surface area contributed by atoms with Crippen molar-refractivity contribution in [3.8, 4) is 0 Å². The third-order valence-corrected chi connectivity index (χ3v) is 5.54. The first-order valence-electron chi connectivity index (χ1n) is 9.79. The Morgan fingerprint density at radius 1 is 1.14 bits per heavy atom. The van der Waals surface area contributed by atoms with Crippen LogP contribution >= 0.6 is 11.6 Å². The van der Waals surface area contributed by atoms with Gasteiger partial charge in [-0.1, -0.05) is 17.7 Å². The van der Waals surface area contributed by atoms with Crippen molar-refractivity contribution in [3.63, 3.8) is 0 Å². The number of aryl methyl sites for hydroxylation is 1. The van der Waals surface area contributed by atoms with Crippen LogP contribution in [0.15, 0.2) is 23.2 Å². The standard InChI is InChI=1S/C20H28ClN5O2/c1-15-6-7-16(21)14-17(15)24-10-12-25(13-11-24)20(22-2)23-8-9-26-18(27)4-3-5-19(26)28/h6-7,14H,3-5,8-13H2,1-2H3,(H,22,23). The number of aliphatic imine (C=N–C) groups is 1. The highest BCUT2D eigenvalue weighted by molar-refractivity contribution is 6.30. The Hall–Kier alpha value is -2.28. The maximum Gasteiger partial charge on any atom is 0.229 e. The predicted molar refractivity (Wildman–Crippen MR) is 112 cm³/mol. The molecule has 0 aliphatic carbocycles. The van der Waals surface area contributed by atoms with Gasteiger partial charge >= 0.3 is 0 Å². The average Bonchev–Trinajstić information content (AvgIpc) is 2.69. The van der Waals surface area contributed by atoms with Crippen molar-refractivity contribution in [1.82, 2.24) is 15.1 Å². The molecule has 2 heterocycles. The van der Waals surface area contributed by atoms with E-state index in [1.807, 2.05) is 18.2 Å². The number of piperidine rings is 1. The van der Waals surface area contributed by atoms with Crippen LogP contribution in [0.5, 0.6) is 0 Å². The zero-order valence-corrected chi connectivity index (χ0v) is 17.3. The molecule has 0 atom stereocenters. The predicted octanol–water partition coefficient (Wildman–Crippen LogP) is 1.88. The van der Waals surface area contributed by atoms with E-state index in [0.717, 1.165) is 37.2 Å². The number of carbonyl (C=O) groups excluding carboxylic acids is 2. The van der Waals surface area contributed by atoms with E-state index in [1.54, 1.807) is 7.05 Å². The third kappa shape index (κ3) is 4.76. The first-order chi connectivity index (χ1) is 13.5. The number of hydrogen-bond acceptors (Lipinski definition) is 4. The van der Waals surface area contributed by atoms with Crippen LogP contribution in [0.4, 0.5) is 5.69 Å². The first kappa shape index (κ1) is 20.5. The van der Waals surface area contributed by atoms with Crippen molar-refractivity contribution in [2.24, 2.45) is 4.99 Å². The molecule has 0 unspecified atom stereocenters. The molecule has 7 nitrogen and oxygen atoms in total. The SMILES string of the molecule is CN=C(NCCN1C(=O)CCCC1=O)N1CCN(c2cc(Cl)ccc2C)CC1. The largest absolute Gasteiger partial charge is 0.368 e. The minimum absolute atomic E-state index is 0.0708. The topological polar surface area (TPSA) is 68.2 Å². The van der Waals surface area contributed by atoms with Crippen molar-refractivity contribution >= 4 is 35.1 Å². The fourth-order valence-electron chi connectivity index (χ4n) is 3.74. The minimum Gasteiger partial charge on any atom is -0.368 e. The summed E-state index contributed by atoms with van der Waals surface area (Å²) in [6.45, 7) is 6.44. The summed E-state index contributed by atoms with van der Waals surface area (Å²) in [6, 6.07) is 5.99. The average molecular weight is 406 g/mol. The molecule has 2 aliphatic heterocycles. The number of guanidine groups is 1. The highest BCUT2D eigenvalue weighted by atomic mass is 35.5. The van der Waals surface area contributed by atoms with Crippen LogP contribution in [0.3, 0.4) is 0 Å². The molecule has 0 aromatic heterocycles. The molecule has 1 aromatic rings. The molecule has 8 heteroatoms. The molecule has 28 heavy (non-hydrogen) atoms. The summed E-state index contributed by atoms with van der Waals surface area (Å²) in [4.78, 5) is 34.1. The Morgan fingerprint density at radius 2 is 1.82 bits per heavy atom. The second kappa shape index (κ2) is 9.28. The number of rotatable bonds is 4. The Labute approximate surface area is 171 Å². The lowest BCUT2D eigenvalue weighted by Crippen LogP contribution is -2.54. The van der Waals surface area contributed by atoms with E-state index in [-0.39, 0.29) is 11.8 Å². The molecule has 2 amide bonds. The van der Waals surface area contributed by atoms with Crippen LogP contribution in [0, 0.1) is 6.92 Å². The van der Waals surface area contributed by atoms with Gasteiger partial charge in [0.2, 0.25) is 11.8 Å². The Kier molecular flexibility index (Phi) is 6.78. The van der Waals surface area contributed by atoms with Gasteiger partial charge in [-0.05, 0) is 31.0 Å². The Morgan fingerprint density at radius 3 is 2.46 bits per heavy atom. The van der Waals surface area contributed by atoms with E-state index in [2.05, 4.69) is 27.0 Å². The summed E-state index contributed by atoms with van der Waals surface area (Å²) in [5, 5.41) is 4.04. The number of nitrogens with zero attached hydrogens (tertiary/aromatic N) is 4. The second-order valence-corrected chi connectivity index (χ2v) is 7.61. The van der Waals surface area contributed by atoms with Crippen LogP contribution in [-0.4, -0.2) is 73.9 Å². The zero-order valence-electron chi connectivity index (χ0n) is 16.6. The molecule has 2 aliphatic rings. The number of amides is 2. The zero-order chi connectivity index (χ0) is 20.1. The molecule has 152 valence electrons. The smallest absolute Gasteiger partial charge is 0.229 e. The highest BCUT2D eigenvalue weighted by Crippen LogP contribution is 2.25. The number of hydrogen-bond donors (Lipinski definition) is 1. The van der Waals surface area contributed by atoms with Gasteiger partial charge in [0, 0.05) is 69.9 Å². The maximum atomic E-state index is 11.9. The fourth-order valence-corrected chi connectivity index (χ4v) is 3.91. The molecule has 2 fully saturated rings. The van der Waals surface area contributed by atoms with Crippen LogP contribution in [-0.2, 0) is 9.59 Å². The third-order valence-electron chi connectivity index (χ3n) is 5.30. The van der Waals surface area contributed by atoms with Gasteiger partial charge in [0.15, 0.2) is 5.96 Å². The lowest BCUT2D eigenvalue weighted by Gasteiger charge is -2.38. The molecule has 2 saturated heterocycles. The normalized spacial score (nSPS) is 18.7. The summed E-state index contributed by atoms with van der Waals surface area (Å²) in [6.07, 6.45) is 1.59. The van der Waals surface area contributed by atoms with Crippen LogP contribution in [0.25, 0.3) is 0 Å². The lowest BCUT2D eigenvalue weighted by atomic mass is 10.1. The molecule has 0 radical (unpaired) electrons. The molecule has 1 aromatic carbocycles. The summed E-state index contributed by atoms with van der Waals surface area (Å²) >= 11 is 6.16. The van der Waals surface area contributed by atoms with E-state index >= 15 is 0 Å². The van der Waals surface area contributed by atoms with E-state index in [0.29, 0.717) is 32.4 Å². The minimum atomic E-state index is -0.0708. The molecule has 0 bridgehead atoms. The number of anilines is 1. The summed E-state index contributed by atoms with van der Waals surface area (Å²) < 4.78 is 0. The van der Waals surface area contributed by atoms with Gasteiger partial charge in [0.1, 0.15) is 0 Å². The van der Waals surface area contributed by atoms with E-state index in [1.165, 1.54) is 16.2 Å². The van der Waals surface area contributed by atoms with Gasteiger partial charge in [0.05, 0.1) is 0 Å². The number of halogens is 1. The fraction of sp³-hybridized carbons (Fsp3) is 0.550. The Balaban J connectivity index is 1.50. The number of likely N-dealkylation sites (tertiary alicyclic amines) is 1. The molecular formula is C20H28ClN5O2. The summed E-state index contributed by atoms with van der Waals surface area (Å²) in [7, 11) is 1.76. The first-order valence-corrected chi connectivity index (χ1v) is 10.2. The van der Waals surface area contributed by atoms with Gasteiger partial charge in [-0.2, -0.15) is 0 Å². The maximum absolute atomic E-state index is 11.9. The Bertz CT molecular complexity index is 743. The van der Waals surface area contributed by atoms with Gasteiger partial charge in [-0.15, -0.1) is 0 Å². The highest BCUT2D eigenvalue weighted by Gasteiger charge is 2.26. The summed E-state index contributed by atoms with van der Waals surface area (Å²) in [5.41, 5.74) is 2.40. The van der Waals surface area contributed by atoms with Crippen molar-refractivity contribution in [2.45, 2.75) is 26.2 Å². The van der Waals surface area contributed by atoms with Crippen molar-refractivity contribution in [1.29, 1.82) is 0 Å². The number of benzene rings is 1. The monoisotopic (exact) mass is 405 g/mol.